The predicted molar refractivity (Wildman–Crippen MR) is 270 cm³/mol. The van der Waals surface area contributed by atoms with Crippen LogP contribution in [0.1, 0.15) is 105 Å². The summed E-state index contributed by atoms with van der Waals surface area (Å²) in [5, 5.41) is 17.3. The van der Waals surface area contributed by atoms with Crippen molar-refractivity contribution < 1.29 is 32.0 Å². The highest BCUT2D eigenvalue weighted by atomic mass is 19.2. The maximum atomic E-state index is 13.7. The van der Waals surface area contributed by atoms with Crippen LogP contribution in [0.25, 0.3) is 21.8 Å². The number of hydrogen-bond donors (Lipinski definition) is 2. The number of carbonyl (C=O) groups excluding carboxylic acids is 2. The third kappa shape index (κ3) is 12.2. The molecule has 0 radical (unpaired) electrons. The molecule has 71 heavy (non-hydrogen) atoms. The van der Waals surface area contributed by atoms with E-state index in [9.17, 15) is 27.2 Å². The Morgan fingerprint density at radius 3 is 1.45 bits per heavy atom. The van der Waals surface area contributed by atoms with Crippen LogP contribution in [0.15, 0.2) is 132 Å². The van der Waals surface area contributed by atoms with Gasteiger partial charge in [0.25, 0.3) is 11.8 Å². The molecule has 0 spiro atoms. The average molecular weight is 966 g/mol. The molecule has 0 aliphatic carbocycles. The standard InChI is InChI=1S/C28H29F2N5O.C27H26F2N4O2/c1-18(2)27-26(28(36)32-15-19-9-11-23(29)24(30)13-19)22-10-8-20(16-33-34(3)4)14-25(22)35(27)17-21-7-5-6-12-31-21;1-17(2)26-25(27(34)31-14-18-8-10-22(28)23(29)12-18)21-9-7-19(15-32-35-3)13-24(21)33(26)16-20-6-4-5-11-30-20/h5-14,16,18H,15,17H2,1-4H3,(H,32,36);4-13,15,17H,14,16H2,1-3H3,(H,31,34)/b33-16+;32-15+. The summed E-state index contributed by atoms with van der Waals surface area (Å²) < 4.78 is 58.1. The maximum Gasteiger partial charge on any atom is 0.254 e. The molecule has 0 bridgehead atoms. The Kier molecular flexibility index (Phi) is 16.4. The van der Waals surface area contributed by atoms with E-state index in [0.29, 0.717) is 35.3 Å². The number of hydrazone groups is 1. The lowest BCUT2D eigenvalue weighted by atomic mass is 10.0. The van der Waals surface area contributed by atoms with Crippen molar-refractivity contribution in [1.29, 1.82) is 0 Å². The van der Waals surface area contributed by atoms with Crippen molar-refractivity contribution in [3.63, 3.8) is 0 Å². The van der Waals surface area contributed by atoms with Gasteiger partial charge >= 0.3 is 0 Å². The van der Waals surface area contributed by atoms with Crippen LogP contribution >= 0.6 is 0 Å². The molecule has 0 fully saturated rings. The summed E-state index contributed by atoms with van der Waals surface area (Å²) in [6.07, 6.45) is 6.87. The summed E-state index contributed by atoms with van der Waals surface area (Å²) in [5.74, 6) is -4.24. The quantitative estimate of drug-likeness (QED) is 0.0563. The lowest BCUT2D eigenvalue weighted by Crippen LogP contribution is -2.24. The van der Waals surface area contributed by atoms with E-state index in [1.807, 2.05) is 115 Å². The van der Waals surface area contributed by atoms with Crippen molar-refractivity contribution in [1.82, 2.24) is 34.7 Å². The lowest BCUT2D eigenvalue weighted by molar-refractivity contribution is 0.0942. The summed E-state index contributed by atoms with van der Waals surface area (Å²) >= 11 is 0. The number of halogens is 4. The molecule has 0 aliphatic heterocycles. The van der Waals surface area contributed by atoms with E-state index >= 15 is 0 Å². The van der Waals surface area contributed by atoms with E-state index in [-0.39, 0.29) is 36.7 Å². The maximum absolute atomic E-state index is 13.7. The summed E-state index contributed by atoms with van der Waals surface area (Å²) in [6.45, 7) is 9.27. The van der Waals surface area contributed by atoms with E-state index in [1.165, 1.54) is 19.2 Å². The van der Waals surface area contributed by atoms with E-state index in [4.69, 9.17) is 4.84 Å². The summed E-state index contributed by atoms with van der Waals surface area (Å²) in [7, 11) is 5.18. The number of aromatic nitrogens is 4. The van der Waals surface area contributed by atoms with Gasteiger partial charge < -0.3 is 29.6 Å². The second-order valence-corrected chi connectivity index (χ2v) is 17.6. The second kappa shape index (κ2) is 23.0. The van der Waals surface area contributed by atoms with Gasteiger partial charge in [0.1, 0.15) is 7.11 Å². The number of rotatable bonds is 16. The molecule has 0 saturated carbocycles. The fraction of sp³-hybridized carbons (Fsp3) is 0.236. The van der Waals surface area contributed by atoms with Crippen LogP contribution in [0.4, 0.5) is 17.6 Å². The number of fused-ring (bicyclic) bond motifs is 2. The van der Waals surface area contributed by atoms with Crippen molar-refractivity contribution in [2.24, 2.45) is 10.3 Å². The van der Waals surface area contributed by atoms with Gasteiger partial charge in [0, 0.05) is 61.7 Å². The largest absolute Gasteiger partial charge is 0.399 e. The Bertz CT molecular complexity index is 3220. The molecule has 0 unspecified atom stereocenters. The molecule has 8 rings (SSSR count). The highest BCUT2D eigenvalue weighted by Crippen LogP contribution is 2.34. The number of oxime groups is 1. The Balaban J connectivity index is 0.000000209. The molecule has 4 aromatic carbocycles. The van der Waals surface area contributed by atoms with Crippen LogP contribution in [0.2, 0.25) is 0 Å². The second-order valence-electron chi connectivity index (χ2n) is 17.6. The summed E-state index contributed by atoms with van der Waals surface area (Å²) in [5.41, 5.74) is 9.00. The van der Waals surface area contributed by atoms with Crippen LogP contribution in [0.5, 0.6) is 0 Å². The molecule has 4 heterocycles. The van der Waals surface area contributed by atoms with Crippen molar-refractivity contribution in [3.8, 4) is 0 Å². The highest BCUT2D eigenvalue weighted by molar-refractivity contribution is 6.10. The number of carbonyl (C=O) groups is 2. The van der Waals surface area contributed by atoms with Gasteiger partial charge in [-0.3, -0.25) is 19.6 Å². The number of nitrogens with zero attached hydrogens (tertiary/aromatic N) is 7. The average Bonchev–Trinajstić information content (AvgIpc) is 3.86. The molecular formula is C55H55F4N9O3. The highest BCUT2D eigenvalue weighted by Gasteiger charge is 2.27. The zero-order chi connectivity index (χ0) is 50.8. The third-order valence-corrected chi connectivity index (χ3v) is 11.5. The van der Waals surface area contributed by atoms with Crippen LogP contribution in [0, 0.1) is 23.3 Å². The van der Waals surface area contributed by atoms with Gasteiger partial charge in [-0.1, -0.05) is 81.4 Å². The van der Waals surface area contributed by atoms with Crippen molar-refractivity contribution in [2.75, 3.05) is 21.2 Å². The number of hydrogen-bond acceptors (Lipinski definition) is 8. The van der Waals surface area contributed by atoms with Crippen molar-refractivity contribution in [2.45, 2.75) is 65.7 Å². The van der Waals surface area contributed by atoms with Gasteiger partial charge in [0.15, 0.2) is 23.3 Å². The van der Waals surface area contributed by atoms with Crippen molar-refractivity contribution in [3.05, 3.63) is 201 Å². The normalized spacial score (nSPS) is 11.5. The number of nitrogens with one attached hydrogen (secondary N) is 2. The van der Waals surface area contributed by atoms with Crippen LogP contribution in [-0.2, 0) is 31.0 Å². The molecular weight excluding hydrogens is 911 g/mol. The van der Waals surface area contributed by atoms with Crippen molar-refractivity contribution >= 4 is 46.0 Å². The molecule has 0 atom stereocenters. The fourth-order valence-corrected chi connectivity index (χ4v) is 8.40. The molecule has 2 N–H and O–H groups in total. The van der Waals surface area contributed by atoms with Crippen LogP contribution in [-0.4, -0.2) is 69.6 Å². The molecule has 366 valence electrons. The predicted octanol–water partition coefficient (Wildman–Crippen LogP) is 10.7. The summed E-state index contributed by atoms with van der Waals surface area (Å²) in [6, 6.07) is 30.3. The lowest BCUT2D eigenvalue weighted by Gasteiger charge is -2.15. The molecule has 0 aliphatic rings. The minimum Gasteiger partial charge on any atom is -0.399 e. The first kappa shape index (κ1) is 50.7. The van der Waals surface area contributed by atoms with Crippen LogP contribution in [0.3, 0.4) is 0 Å². The van der Waals surface area contributed by atoms with Gasteiger partial charge in [-0.05, 0) is 94.8 Å². The Morgan fingerprint density at radius 2 is 1.07 bits per heavy atom. The van der Waals surface area contributed by atoms with Gasteiger partial charge in [0.2, 0.25) is 0 Å². The third-order valence-electron chi connectivity index (χ3n) is 11.5. The number of amides is 2. The zero-order valence-corrected chi connectivity index (χ0v) is 40.6. The number of benzene rings is 4. The Morgan fingerprint density at radius 1 is 0.620 bits per heavy atom. The van der Waals surface area contributed by atoms with Gasteiger partial charge in [-0.2, -0.15) is 5.10 Å². The number of pyridine rings is 2. The first-order chi connectivity index (χ1) is 34.1. The molecule has 0 saturated heterocycles. The zero-order valence-electron chi connectivity index (χ0n) is 40.6. The first-order valence-corrected chi connectivity index (χ1v) is 23.0. The first-order valence-electron chi connectivity index (χ1n) is 23.0. The molecule has 2 amide bonds. The fourth-order valence-electron chi connectivity index (χ4n) is 8.40. The Labute approximate surface area is 409 Å². The molecule has 12 nitrogen and oxygen atoms in total. The minimum absolute atomic E-state index is 0.0196. The van der Waals surface area contributed by atoms with E-state index in [1.54, 1.807) is 29.8 Å². The Hall–Kier alpha value is -8.14. The minimum atomic E-state index is -0.947. The van der Waals surface area contributed by atoms with Gasteiger partial charge in [0.05, 0.1) is 59.1 Å². The van der Waals surface area contributed by atoms with E-state index in [2.05, 4.69) is 40.0 Å². The van der Waals surface area contributed by atoms with E-state index in [0.717, 1.165) is 80.0 Å². The van der Waals surface area contributed by atoms with E-state index < -0.39 is 23.3 Å². The summed E-state index contributed by atoms with van der Waals surface area (Å²) in [4.78, 5) is 40.8. The molecule has 16 heteroatoms. The SMILES string of the molecule is CC(C)c1c(C(=O)NCc2ccc(F)c(F)c2)c2ccc(/C=N/N(C)C)cc2n1Cc1ccccn1.CO/N=C/c1ccc2c(C(=O)NCc3ccc(F)c(F)c3)c(C(C)C)n(Cc3ccccn3)c2c1. The molecule has 4 aromatic heterocycles. The van der Waals surface area contributed by atoms with Gasteiger partial charge in [-0.25, -0.2) is 17.6 Å². The van der Waals surface area contributed by atoms with Gasteiger partial charge in [-0.15, -0.1) is 0 Å². The monoisotopic (exact) mass is 965 g/mol. The smallest absolute Gasteiger partial charge is 0.254 e. The molecule has 8 aromatic rings. The topological polar surface area (TPSA) is 131 Å². The van der Waals surface area contributed by atoms with Crippen LogP contribution < -0.4 is 10.6 Å².